The Balaban J connectivity index is 2.33. The van der Waals surface area contributed by atoms with E-state index < -0.39 is 0 Å². The molecule has 5 heteroatoms. The summed E-state index contributed by atoms with van der Waals surface area (Å²) in [5.41, 5.74) is -0.152. The average molecular weight is 201 g/mol. The molecule has 13 heavy (non-hydrogen) atoms. The van der Waals surface area contributed by atoms with Gasteiger partial charge in [-0.25, -0.2) is 4.98 Å². The van der Waals surface area contributed by atoms with Gasteiger partial charge in [-0.3, -0.25) is 0 Å². The Kier molecular flexibility index (Phi) is 3.62. The number of hydrogen-bond acceptors (Lipinski definition) is 5. The van der Waals surface area contributed by atoms with Crippen LogP contribution in [0.3, 0.4) is 0 Å². The monoisotopic (exact) mass is 201 g/mol. The largest absolute Gasteiger partial charge is 0.374 e. The second kappa shape index (κ2) is 4.53. The molecule has 1 heterocycles. The van der Waals surface area contributed by atoms with Crippen LogP contribution in [0.1, 0.15) is 20.8 Å². The fourth-order valence-electron chi connectivity index (χ4n) is 0.981. The van der Waals surface area contributed by atoms with E-state index in [1.54, 1.807) is 6.33 Å². The van der Waals surface area contributed by atoms with Gasteiger partial charge in [-0.2, -0.15) is 4.37 Å². The van der Waals surface area contributed by atoms with E-state index in [-0.39, 0.29) is 5.60 Å². The van der Waals surface area contributed by atoms with Crippen molar-refractivity contribution < 1.29 is 4.74 Å². The fourth-order valence-corrected chi connectivity index (χ4v) is 1.41. The molecule has 74 valence electrons. The average Bonchev–Trinajstić information content (AvgIpc) is 2.52. The second-order valence-corrected chi connectivity index (χ2v) is 4.07. The Morgan fingerprint density at radius 3 is 2.92 bits per heavy atom. The molecule has 1 aromatic rings. The highest BCUT2D eigenvalue weighted by molar-refractivity contribution is 7.09. The summed E-state index contributed by atoms with van der Waals surface area (Å²) in [4.78, 5) is 4.02. The zero-order valence-corrected chi connectivity index (χ0v) is 9.02. The van der Waals surface area contributed by atoms with E-state index in [4.69, 9.17) is 4.74 Å². The summed E-state index contributed by atoms with van der Waals surface area (Å²) in [5, 5.41) is 4.01. The first kappa shape index (κ1) is 10.4. The van der Waals surface area contributed by atoms with Gasteiger partial charge < -0.3 is 10.1 Å². The molecule has 0 atom stereocenters. The molecular weight excluding hydrogens is 186 g/mol. The number of rotatable bonds is 5. The lowest BCUT2D eigenvalue weighted by atomic mass is 10.1. The van der Waals surface area contributed by atoms with E-state index in [0.29, 0.717) is 0 Å². The van der Waals surface area contributed by atoms with E-state index in [1.807, 2.05) is 20.8 Å². The van der Waals surface area contributed by atoms with E-state index in [9.17, 15) is 0 Å². The molecule has 0 amide bonds. The molecule has 0 aliphatic carbocycles. The van der Waals surface area contributed by atoms with Crippen molar-refractivity contribution in [1.29, 1.82) is 0 Å². The zero-order valence-electron chi connectivity index (χ0n) is 8.20. The maximum Gasteiger partial charge on any atom is 0.202 e. The first-order valence-corrected chi connectivity index (χ1v) is 5.06. The van der Waals surface area contributed by atoms with Crippen molar-refractivity contribution in [2.24, 2.45) is 0 Å². The van der Waals surface area contributed by atoms with Crippen molar-refractivity contribution in [2.75, 3.05) is 18.5 Å². The lowest BCUT2D eigenvalue weighted by Crippen LogP contribution is -2.33. The first-order chi connectivity index (χ1) is 6.14. The molecule has 0 bridgehead atoms. The Labute approximate surface area is 82.5 Å². The van der Waals surface area contributed by atoms with Crippen LogP contribution in [0.4, 0.5) is 5.13 Å². The summed E-state index contributed by atoms with van der Waals surface area (Å²) in [7, 11) is 0. The number of aromatic nitrogens is 2. The second-order valence-electron chi connectivity index (χ2n) is 3.29. The third kappa shape index (κ3) is 3.69. The topological polar surface area (TPSA) is 47.0 Å². The minimum Gasteiger partial charge on any atom is -0.374 e. The normalized spacial score (nSPS) is 11.6. The molecule has 0 aromatic carbocycles. The summed E-state index contributed by atoms with van der Waals surface area (Å²) in [5.74, 6) is 0. The van der Waals surface area contributed by atoms with Crippen molar-refractivity contribution >= 4 is 16.7 Å². The number of hydrogen-bond donors (Lipinski definition) is 1. The Morgan fingerprint density at radius 2 is 2.38 bits per heavy atom. The summed E-state index contributed by atoms with van der Waals surface area (Å²) in [6, 6.07) is 0. The maximum atomic E-state index is 5.52. The minimum atomic E-state index is -0.152. The lowest BCUT2D eigenvalue weighted by molar-refractivity contribution is 0.000696. The van der Waals surface area contributed by atoms with Crippen molar-refractivity contribution in [3.05, 3.63) is 6.33 Å². The molecule has 1 N–H and O–H groups in total. The van der Waals surface area contributed by atoms with Crippen LogP contribution in [0, 0.1) is 0 Å². The van der Waals surface area contributed by atoms with Crippen LogP contribution in [-0.4, -0.2) is 28.1 Å². The lowest BCUT2D eigenvalue weighted by Gasteiger charge is -2.24. The Hall–Kier alpha value is -0.680. The number of ether oxygens (including phenoxy) is 1. The van der Waals surface area contributed by atoms with Crippen LogP contribution in [0.25, 0.3) is 0 Å². The maximum absolute atomic E-state index is 5.52. The van der Waals surface area contributed by atoms with Crippen molar-refractivity contribution in [2.45, 2.75) is 26.4 Å². The van der Waals surface area contributed by atoms with E-state index >= 15 is 0 Å². The van der Waals surface area contributed by atoms with Gasteiger partial charge in [-0.05, 0) is 20.8 Å². The molecule has 0 radical (unpaired) electrons. The molecule has 0 unspecified atom stereocenters. The molecular formula is C8H15N3OS. The standard InChI is InChI=1S/C8H15N3OS/c1-4-12-8(2,3)5-9-7-10-6-11-13-7/h6H,4-5H2,1-3H3,(H,9,10,11). The van der Waals surface area contributed by atoms with E-state index in [0.717, 1.165) is 18.3 Å². The molecule has 1 aromatic heterocycles. The van der Waals surface area contributed by atoms with Crippen LogP contribution in [0.15, 0.2) is 6.33 Å². The number of nitrogens with one attached hydrogen (secondary N) is 1. The number of nitrogens with zero attached hydrogens (tertiary/aromatic N) is 2. The van der Waals surface area contributed by atoms with Gasteiger partial charge in [0.25, 0.3) is 0 Å². The van der Waals surface area contributed by atoms with Gasteiger partial charge in [0.1, 0.15) is 6.33 Å². The van der Waals surface area contributed by atoms with Crippen LogP contribution in [-0.2, 0) is 4.74 Å². The van der Waals surface area contributed by atoms with Gasteiger partial charge in [0.2, 0.25) is 5.13 Å². The predicted octanol–water partition coefficient (Wildman–Crippen LogP) is 1.77. The highest BCUT2D eigenvalue weighted by Gasteiger charge is 2.17. The van der Waals surface area contributed by atoms with Crippen LogP contribution < -0.4 is 5.32 Å². The van der Waals surface area contributed by atoms with Gasteiger partial charge >= 0.3 is 0 Å². The smallest absolute Gasteiger partial charge is 0.202 e. The highest BCUT2D eigenvalue weighted by Crippen LogP contribution is 2.12. The summed E-state index contributed by atoms with van der Waals surface area (Å²) in [6.45, 7) is 7.56. The molecule has 1 rings (SSSR count). The molecule has 0 aliphatic heterocycles. The third-order valence-electron chi connectivity index (χ3n) is 1.56. The molecule has 0 fully saturated rings. The SMILES string of the molecule is CCOC(C)(C)CNc1ncns1. The summed E-state index contributed by atoms with van der Waals surface area (Å²) in [6.07, 6.45) is 1.54. The van der Waals surface area contributed by atoms with Crippen molar-refractivity contribution in [1.82, 2.24) is 9.36 Å². The Bertz CT molecular complexity index is 236. The molecule has 0 saturated heterocycles. The molecule has 4 nitrogen and oxygen atoms in total. The van der Waals surface area contributed by atoms with Gasteiger partial charge in [0.05, 0.1) is 5.60 Å². The summed E-state index contributed by atoms with van der Waals surface area (Å²) < 4.78 is 9.42. The van der Waals surface area contributed by atoms with Gasteiger partial charge in [-0.1, -0.05) is 0 Å². The molecule has 0 aliphatic rings. The molecule has 0 spiro atoms. The van der Waals surface area contributed by atoms with Gasteiger partial charge in [-0.15, -0.1) is 0 Å². The van der Waals surface area contributed by atoms with Gasteiger partial charge in [0, 0.05) is 24.7 Å². The predicted molar refractivity (Wildman–Crippen MR) is 54.1 cm³/mol. The highest BCUT2D eigenvalue weighted by atomic mass is 32.1. The van der Waals surface area contributed by atoms with Crippen molar-refractivity contribution in [3.63, 3.8) is 0 Å². The fraction of sp³-hybridized carbons (Fsp3) is 0.750. The van der Waals surface area contributed by atoms with Crippen LogP contribution in [0.5, 0.6) is 0 Å². The van der Waals surface area contributed by atoms with Crippen LogP contribution >= 0.6 is 11.5 Å². The number of anilines is 1. The quantitative estimate of drug-likeness (QED) is 0.788. The molecule has 0 saturated carbocycles. The summed E-state index contributed by atoms with van der Waals surface area (Å²) >= 11 is 1.35. The first-order valence-electron chi connectivity index (χ1n) is 4.28. The Morgan fingerprint density at radius 1 is 1.62 bits per heavy atom. The zero-order chi connectivity index (χ0) is 9.73. The van der Waals surface area contributed by atoms with Crippen molar-refractivity contribution in [3.8, 4) is 0 Å². The van der Waals surface area contributed by atoms with Gasteiger partial charge in [0.15, 0.2) is 0 Å². The van der Waals surface area contributed by atoms with Crippen LogP contribution in [0.2, 0.25) is 0 Å². The van der Waals surface area contributed by atoms with E-state index in [1.165, 1.54) is 11.5 Å². The van der Waals surface area contributed by atoms with E-state index in [2.05, 4.69) is 14.7 Å². The minimum absolute atomic E-state index is 0.152. The third-order valence-corrected chi connectivity index (χ3v) is 2.18.